The zero-order chi connectivity index (χ0) is 10.8. The number of carbonyl (C=O) groups excluding carboxylic acids is 1. The quantitative estimate of drug-likeness (QED) is 0.681. The van der Waals surface area contributed by atoms with E-state index in [9.17, 15) is 4.79 Å². The first-order valence-electron chi connectivity index (χ1n) is 4.70. The molecule has 3 nitrogen and oxygen atoms in total. The number of amides is 1. The lowest BCUT2D eigenvalue weighted by Gasteiger charge is -2.17. The SMILES string of the molecule is C=CCN1C(=O)c2ccccc2C1C#N. The van der Waals surface area contributed by atoms with E-state index in [0.717, 1.165) is 5.56 Å². The Morgan fingerprint density at radius 2 is 2.27 bits per heavy atom. The summed E-state index contributed by atoms with van der Waals surface area (Å²) in [7, 11) is 0. The Labute approximate surface area is 88.2 Å². The van der Waals surface area contributed by atoms with Crippen LogP contribution in [0.1, 0.15) is 22.0 Å². The summed E-state index contributed by atoms with van der Waals surface area (Å²) < 4.78 is 0. The van der Waals surface area contributed by atoms with Crippen LogP contribution in [0.2, 0.25) is 0 Å². The third-order valence-corrected chi connectivity index (χ3v) is 2.51. The standard InChI is InChI=1S/C12H10N2O/c1-2-7-14-11(8-13)9-5-3-4-6-10(9)12(14)15/h2-6,11H,1,7H2. The molecule has 1 aliphatic rings. The average molecular weight is 198 g/mol. The largest absolute Gasteiger partial charge is 0.315 e. The first kappa shape index (κ1) is 9.47. The molecule has 1 atom stereocenters. The van der Waals surface area contributed by atoms with E-state index in [2.05, 4.69) is 12.6 Å². The van der Waals surface area contributed by atoms with Crippen LogP contribution in [0.4, 0.5) is 0 Å². The van der Waals surface area contributed by atoms with Gasteiger partial charge in [0.05, 0.1) is 6.07 Å². The number of hydrogen-bond acceptors (Lipinski definition) is 2. The van der Waals surface area contributed by atoms with Crippen LogP contribution < -0.4 is 0 Å². The second-order valence-electron chi connectivity index (χ2n) is 3.37. The summed E-state index contributed by atoms with van der Waals surface area (Å²) in [4.78, 5) is 13.4. The van der Waals surface area contributed by atoms with E-state index in [0.29, 0.717) is 12.1 Å². The van der Waals surface area contributed by atoms with Gasteiger partial charge in [-0.3, -0.25) is 4.79 Å². The van der Waals surface area contributed by atoms with Crippen LogP contribution in [-0.2, 0) is 0 Å². The van der Waals surface area contributed by atoms with Crippen molar-refractivity contribution in [1.29, 1.82) is 5.26 Å². The lowest BCUT2D eigenvalue weighted by Crippen LogP contribution is -2.27. The van der Waals surface area contributed by atoms with Crippen molar-refractivity contribution in [3.05, 3.63) is 48.0 Å². The predicted molar refractivity (Wildman–Crippen MR) is 56.0 cm³/mol. The summed E-state index contributed by atoms with van der Waals surface area (Å²) in [6, 6.07) is 8.90. The fourth-order valence-electron chi connectivity index (χ4n) is 1.84. The first-order chi connectivity index (χ1) is 7.29. The molecule has 0 fully saturated rings. The molecule has 0 spiro atoms. The van der Waals surface area contributed by atoms with Crippen molar-refractivity contribution in [2.24, 2.45) is 0 Å². The fraction of sp³-hybridized carbons (Fsp3) is 0.167. The number of fused-ring (bicyclic) bond motifs is 1. The Hall–Kier alpha value is -2.08. The Kier molecular flexibility index (Phi) is 2.26. The normalized spacial score (nSPS) is 18.5. The van der Waals surface area contributed by atoms with Gasteiger partial charge < -0.3 is 4.90 Å². The Balaban J connectivity index is 2.49. The van der Waals surface area contributed by atoms with E-state index in [4.69, 9.17) is 5.26 Å². The van der Waals surface area contributed by atoms with Crippen LogP contribution in [0, 0.1) is 11.3 Å². The second-order valence-corrected chi connectivity index (χ2v) is 3.37. The van der Waals surface area contributed by atoms with Crippen LogP contribution in [0.3, 0.4) is 0 Å². The van der Waals surface area contributed by atoms with Crippen molar-refractivity contribution in [3.8, 4) is 6.07 Å². The molecule has 0 saturated heterocycles. The monoisotopic (exact) mass is 198 g/mol. The molecule has 1 aromatic rings. The molecule has 1 aromatic carbocycles. The number of nitriles is 1. The molecule has 2 rings (SSSR count). The van der Waals surface area contributed by atoms with Crippen LogP contribution in [0.15, 0.2) is 36.9 Å². The number of hydrogen-bond donors (Lipinski definition) is 0. The molecule has 1 aliphatic heterocycles. The second kappa shape index (κ2) is 3.58. The number of nitrogens with zero attached hydrogens (tertiary/aromatic N) is 2. The van der Waals surface area contributed by atoms with E-state index < -0.39 is 6.04 Å². The summed E-state index contributed by atoms with van der Waals surface area (Å²) >= 11 is 0. The van der Waals surface area contributed by atoms with Gasteiger partial charge in [-0.2, -0.15) is 5.26 Å². The molecule has 1 heterocycles. The van der Waals surface area contributed by atoms with Gasteiger partial charge in [0, 0.05) is 17.7 Å². The predicted octanol–water partition coefficient (Wildman–Crippen LogP) is 1.89. The van der Waals surface area contributed by atoms with Crippen LogP contribution in [0.25, 0.3) is 0 Å². The maximum Gasteiger partial charge on any atom is 0.255 e. The molecular weight excluding hydrogens is 188 g/mol. The summed E-state index contributed by atoms with van der Waals surface area (Å²) in [5.74, 6) is -0.0861. The van der Waals surface area contributed by atoms with Crippen molar-refractivity contribution < 1.29 is 4.79 Å². The summed E-state index contributed by atoms with van der Waals surface area (Å²) in [5, 5.41) is 9.05. The topological polar surface area (TPSA) is 44.1 Å². The molecule has 3 heteroatoms. The van der Waals surface area contributed by atoms with E-state index >= 15 is 0 Å². The lowest BCUT2D eigenvalue weighted by atomic mass is 10.1. The minimum atomic E-state index is -0.466. The number of rotatable bonds is 2. The maximum atomic E-state index is 11.9. The van der Waals surface area contributed by atoms with Crippen molar-refractivity contribution in [2.75, 3.05) is 6.54 Å². The highest BCUT2D eigenvalue weighted by molar-refractivity contribution is 5.99. The molecule has 74 valence electrons. The molecule has 1 amide bonds. The molecule has 0 saturated carbocycles. The van der Waals surface area contributed by atoms with E-state index in [1.807, 2.05) is 18.2 Å². The molecule has 0 radical (unpaired) electrons. The van der Waals surface area contributed by atoms with Gasteiger partial charge in [-0.25, -0.2) is 0 Å². The molecule has 1 unspecified atom stereocenters. The fourth-order valence-corrected chi connectivity index (χ4v) is 1.84. The van der Waals surface area contributed by atoms with Gasteiger partial charge in [0.15, 0.2) is 0 Å². The van der Waals surface area contributed by atoms with Gasteiger partial charge in [0.1, 0.15) is 6.04 Å². The van der Waals surface area contributed by atoms with Crippen LogP contribution in [0.5, 0.6) is 0 Å². The average Bonchev–Trinajstić information content (AvgIpc) is 2.54. The summed E-state index contributed by atoms with van der Waals surface area (Å²) in [6.45, 7) is 4.00. The first-order valence-corrected chi connectivity index (χ1v) is 4.70. The van der Waals surface area contributed by atoms with Gasteiger partial charge in [-0.1, -0.05) is 24.3 Å². The van der Waals surface area contributed by atoms with E-state index in [1.54, 1.807) is 12.1 Å². The molecule has 0 aromatic heterocycles. The zero-order valence-corrected chi connectivity index (χ0v) is 8.18. The van der Waals surface area contributed by atoms with Crippen LogP contribution >= 0.6 is 0 Å². The minimum absolute atomic E-state index is 0.0861. The highest BCUT2D eigenvalue weighted by Gasteiger charge is 2.35. The Morgan fingerprint density at radius 3 is 2.93 bits per heavy atom. The van der Waals surface area contributed by atoms with Crippen molar-refractivity contribution >= 4 is 5.91 Å². The highest BCUT2D eigenvalue weighted by Crippen LogP contribution is 2.32. The van der Waals surface area contributed by atoms with Gasteiger partial charge in [-0.05, 0) is 6.07 Å². The van der Waals surface area contributed by atoms with Crippen molar-refractivity contribution in [2.45, 2.75) is 6.04 Å². The van der Waals surface area contributed by atoms with Crippen molar-refractivity contribution in [1.82, 2.24) is 4.90 Å². The third-order valence-electron chi connectivity index (χ3n) is 2.51. The number of carbonyl (C=O) groups is 1. The minimum Gasteiger partial charge on any atom is -0.315 e. The van der Waals surface area contributed by atoms with Gasteiger partial charge in [0.25, 0.3) is 5.91 Å². The third kappa shape index (κ3) is 1.31. The van der Waals surface area contributed by atoms with Gasteiger partial charge in [0.2, 0.25) is 0 Å². The smallest absolute Gasteiger partial charge is 0.255 e. The zero-order valence-electron chi connectivity index (χ0n) is 8.18. The van der Waals surface area contributed by atoms with Crippen LogP contribution in [-0.4, -0.2) is 17.4 Å². The highest BCUT2D eigenvalue weighted by atomic mass is 16.2. The molecule has 0 N–H and O–H groups in total. The summed E-state index contributed by atoms with van der Waals surface area (Å²) in [6.07, 6.45) is 1.63. The van der Waals surface area contributed by atoms with Crippen molar-refractivity contribution in [3.63, 3.8) is 0 Å². The van der Waals surface area contributed by atoms with E-state index in [1.165, 1.54) is 4.90 Å². The Morgan fingerprint density at radius 1 is 1.53 bits per heavy atom. The Bertz CT molecular complexity index is 459. The maximum absolute atomic E-state index is 11.9. The van der Waals surface area contributed by atoms with Gasteiger partial charge in [-0.15, -0.1) is 6.58 Å². The molecule has 15 heavy (non-hydrogen) atoms. The lowest BCUT2D eigenvalue weighted by molar-refractivity contribution is 0.0777. The molecular formula is C12H10N2O. The summed E-state index contributed by atoms with van der Waals surface area (Å²) in [5.41, 5.74) is 1.43. The van der Waals surface area contributed by atoms with Gasteiger partial charge >= 0.3 is 0 Å². The molecule has 0 aliphatic carbocycles. The number of benzene rings is 1. The van der Waals surface area contributed by atoms with E-state index in [-0.39, 0.29) is 5.91 Å². The molecule has 0 bridgehead atoms.